The SMILES string of the molecule is CCC(CC)NC(=O)C(C)NC1CC2CCCC(C1)N2C. The molecule has 122 valence electrons. The summed E-state index contributed by atoms with van der Waals surface area (Å²) in [6.45, 7) is 6.27. The Bertz CT molecular complexity index is 329. The normalized spacial score (nSPS) is 31.2. The maximum atomic E-state index is 12.3. The smallest absolute Gasteiger partial charge is 0.237 e. The van der Waals surface area contributed by atoms with E-state index in [0.29, 0.717) is 24.2 Å². The highest BCUT2D eigenvalue weighted by molar-refractivity contribution is 5.81. The van der Waals surface area contributed by atoms with Gasteiger partial charge >= 0.3 is 0 Å². The Labute approximate surface area is 130 Å². The highest BCUT2D eigenvalue weighted by Gasteiger charge is 2.36. The molecule has 4 nitrogen and oxygen atoms in total. The monoisotopic (exact) mass is 295 g/mol. The van der Waals surface area contributed by atoms with Crippen LogP contribution in [0.15, 0.2) is 0 Å². The van der Waals surface area contributed by atoms with Crippen LogP contribution in [0.25, 0.3) is 0 Å². The lowest BCUT2D eigenvalue weighted by molar-refractivity contribution is -0.124. The maximum absolute atomic E-state index is 12.3. The van der Waals surface area contributed by atoms with Crippen molar-refractivity contribution >= 4 is 5.91 Å². The van der Waals surface area contributed by atoms with E-state index in [1.807, 2.05) is 6.92 Å². The molecule has 0 aromatic carbocycles. The third kappa shape index (κ3) is 4.19. The van der Waals surface area contributed by atoms with Gasteiger partial charge in [0.05, 0.1) is 6.04 Å². The van der Waals surface area contributed by atoms with Gasteiger partial charge < -0.3 is 15.5 Å². The van der Waals surface area contributed by atoms with Crippen LogP contribution < -0.4 is 10.6 Å². The number of rotatable bonds is 6. The van der Waals surface area contributed by atoms with Gasteiger partial charge in [-0.1, -0.05) is 20.3 Å². The molecule has 0 aromatic rings. The van der Waals surface area contributed by atoms with Gasteiger partial charge in [-0.25, -0.2) is 0 Å². The number of hydrogen-bond acceptors (Lipinski definition) is 3. The van der Waals surface area contributed by atoms with E-state index in [1.165, 1.54) is 32.1 Å². The van der Waals surface area contributed by atoms with Crippen molar-refractivity contribution in [3.05, 3.63) is 0 Å². The first-order valence-electron chi connectivity index (χ1n) is 8.83. The van der Waals surface area contributed by atoms with Crippen LogP contribution in [0.5, 0.6) is 0 Å². The zero-order chi connectivity index (χ0) is 15.4. The van der Waals surface area contributed by atoms with E-state index >= 15 is 0 Å². The Morgan fingerprint density at radius 3 is 2.29 bits per heavy atom. The molecule has 2 rings (SSSR count). The molecule has 2 bridgehead atoms. The Hall–Kier alpha value is -0.610. The van der Waals surface area contributed by atoms with E-state index in [1.54, 1.807) is 0 Å². The highest BCUT2D eigenvalue weighted by atomic mass is 16.2. The van der Waals surface area contributed by atoms with E-state index in [0.717, 1.165) is 12.8 Å². The molecule has 2 saturated heterocycles. The van der Waals surface area contributed by atoms with Crippen LogP contribution in [-0.2, 0) is 4.79 Å². The first kappa shape index (κ1) is 16.8. The first-order valence-corrected chi connectivity index (χ1v) is 8.83. The molecule has 3 unspecified atom stereocenters. The number of nitrogens with one attached hydrogen (secondary N) is 2. The van der Waals surface area contributed by atoms with Crippen LogP contribution in [0.4, 0.5) is 0 Å². The topological polar surface area (TPSA) is 44.4 Å². The van der Waals surface area contributed by atoms with E-state index in [4.69, 9.17) is 0 Å². The molecule has 1 amide bonds. The molecule has 21 heavy (non-hydrogen) atoms. The fraction of sp³-hybridized carbons (Fsp3) is 0.941. The summed E-state index contributed by atoms with van der Waals surface area (Å²) in [4.78, 5) is 14.8. The minimum Gasteiger partial charge on any atom is -0.352 e. The molecule has 4 heteroatoms. The minimum absolute atomic E-state index is 0.0836. The van der Waals surface area contributed by atoms with Gasteiger partial charge in [0.1, 0.15) is 0 Å². The number of carbonyl (C=O) groups excluding carboxylic acids is 1. The van der Waals surface area contributed by atoms with Crippen LogP contribution in [-0.4, -0.2) is 48.1 Å². The molecule has 2 heterocycles. The second-order valence-electron chi connectivity index (χ2n) is 6.98. The van der Waals surface area contributed by atoms with Crippen molar-refractivity contribution in [2.45, 2.75) is 95.9 Å². The van der Waals surface area contributed by atoms with Gasteiger partial charge in [-0.2, -0.15) is 0 Å². The average Bonchev–Trinajstić information content (AvgIpc) is 2.45. The molecule has 3 atom stereocenters. The molecular formula is C17H33N3O. The van der Waals surface area contributed by atoms with Crippen molar-refractivity contribution in [1.29, 1.82) is 0 Å². The summed E-state index contributed by atoms with van der Waals surface area (Å²) in [7, 11) is 2.27. The van der Waals surface area contributed by atoms with Gasteiger partial charge in [-0.05, 0) is 52.5 Å². The number of amides is 1. The molecule has 0 radical (unpaired) electrons. The highest BCUT2D eigenvalue weighted by Crippen LogP contribution is 2.32. The molecule has 2 fully saturated rings. The van der Waals surface area contributed by atoms with Crippen molar-refractivity contribution in [2.24, 2.45) is 0 Å². The van der Waals surface area contributed by atoms with Crippen LogP contribution in [0, 0.1) is 0 Å². The standard InChI is InChI=1S/C17H33N3O/c1-5-13(6-2)19-17(21)12(3)18-14-10-15-8-7-9-16(11-14)20(15)4/h12-16,18H,5-11H2,1-4H3,(H,19,21). The molecule has 2 aliphatic rings. The zero-order valence-electron chi connectivity index (χ0n) is 14.2. The number of fused-ring (bicyclic) bond motifs is 2. The molecule has 0 saturated carbocycles. The molecule has 2 N–H and O–H groups in total. The van der Waals surface area contributed by atoms with E-state index in [-0.39, 0.29) is 11.9 Å². The van der Waals surface area contributed by atoms with E-state index in [2.05, 4.69) is 36.4 Å². The number of hydrogen-bond donors (Lipinski definition) is 2. The Morgan fingerprint density at radius 2 is 1.76 bits per heavy atom. The molecule has 0 aromatic heterocycles. The van der Waals surface area contributed by atoms with Crippen molar-refractivity contribution < 1.29 is 4.79 Å². The van der Waals surface area contributed by atoms with Crippen molar-refractivity contribution in [1.82, 2.24) is 15.5 Å². The van der Waals surface area contributed by atoms with E-state index in [9.17, 15) is 4.79 Å². The number of carbonyl (C=O) groups is 1. The molecule has 2 aliphatic heterocycles. The molecule has 0 spiro atoms. The quantitative estimate of drug-likeness (QED) is 0.790. The Kier molecular flexibility index (Phi) is 6.06. The summed E-state index contributed by atoms with van der Waals surface area (Å²) in [6, 6.07) is 2.16. The lowest BCUT2D eigenvalue weighted by atomic mass is 9.82. The van der Waals surface area contributed by atoms with Gasteiger partial charge in [-0.3, -0.25) is 4.79 Å². The van der Waals surface area contributed by atoms with Gasteiger partial charge in [0.2, 0.25) is 5.91 Å². The maximum Gasteiger partial charge on any atom is 0.237 e. The van der Waals surface area contributed by atoms with Crippen LogP contribution in [0.1, 0.15) is 65.7 Å². The lowest BCUT2D eigenvalue weighted by Crippen LogP contribution is -2.57. The summed E-state index contributed by atoms with van der Waals surface area (Å²) < 4.78 is 0. The van der Waals surface area contributed by atoms with Crippen LogP contribution in [0.3, 0.4) is 0 Å². The average molecular weight is 295 g/mol. The van der Waals surface area contributed by atoms with Crippen molar-refractivity contribution in [2.75, 3.05) is 7.05 Å². The fourth-order valence-electron chi connectivity index (χ4n) is 4.00. The van der Waals surface area contributed by atoms with Crippen LogP contribution >= 0.6 is 0 Å². The predicted molar refractivity (Wildman–Crippen MR) is 87.3 cm³/mol. The van der Waals surface area contributed by atoms with Gasteiger partial charge in [-0.15, -0.1) is 0 Å². The van der Waals surface area contributed by atoms with Gasteiger partial charge in [0.25, 0.3) is 0 Å². The Balaban J connectivity index is 1.82. The van der Waals surface area contributed by atoms with Gasteiger partial charge in [0.15, 0.2) is 0 Å². The third-order valence-corrected chi connectivity index (χ3v) is 5.55. The van der Waals surface area contributed by atoms with Crippen LogP contribution in [0.2, 0.25) is 0 Å². The number of piperidine rings is 2. The number of nitrogens with zero attached hydrogens (tertiary/aromatic N) is 1. The summed E-state index contributed by atoms with van der Waals surface area (Å²) in [5.41, 5.74) is 0. The van der Waals surface area contributed by atoms with Gasteiger partial charge in [0, 0.05) is 24.2 Å². The molecular weight excluding hydrogens is 262 g/mol. The molecule has 0 aliphatic carbocycles. The summed E-state index contributed by atoms with van der Waals surface area (Å²) in [6.07, 6.45) is 8.40. The zero-order valence-corrected chi connectivity index (χ0v) is 14.2. The fourth-order valence-corrected chi connectivity index (χ4v) is 4.00. The second-order valence-corrected chi connectivity index (χ2v) is 6.98. The minimum atomic E-state index is -0.0836. The lowest BCUT2D eigenvalue weighted by Gasteiger charge is -2.47. The second kappa shape index (κ2) is 7.59. The first-order chi connectivity index (χ1) is 10.0. The largest absolute Gasteiger partial charge is 0.352 e. The summed E-state index contributed by atoms with van der Waals surface area (Å²) >= 11 is 0. The Morgan fingerprint density at radius 1 is 1.19 bits per heavy atom. The van der Waals surface area contributed by atoms with E-state index < -0.39 is 0 Å². The summed E-state index contributed by atoms with van der Waals surface area (Å²) in [5, 5.41) is 6.74. The van der Waals surface area contributed by atoms with Crippen molar-refractivity contribution in [3.63, 3.8) is 0 Å². The van der Waals surface area contributed by atoms with Crippen molar-refractivity contribution in [3.8, 4) is 0 Å². The third-order valence-electron chi connectivity index (χ3n) is 5.55. The predicted octanol–water partition coefficient (Wildman–Crippen LogP) is 2.28. The summed E-state index contributed by atoms with van der Waals surface area (Å²) in [5.74, 6) is 0.160.